The van der Waals surface area contributed by atoms with Crippen LogP contribution in [0.2, 0.25) is 5.02 Å². The predicted molar refractivity (Wildman–Crippen MR) is 119 cm³/mol. The molecule has 0 bridgehead atoms. The smallest absolute Gasteiger partial charge is 0.410 e. The minimum Gasteiger partial charge on any atom is -0.444 e. The number of rotatable bonds is 5. The fourth-order valence-corrected chi connectivity index (χ4v) is 4.57. The van der Waals surface area contributed by atoms with Crippen molar-refractivity contribution in [2.45, 2.75) is 63.5 Å². The number of nitrogens with one attached hydrogen (secondary N) is 1. The summed E-state index contributed by atoms with van der Waals surface area (Å²) in [5.41, 5.74) is 8.70. The van der Waals surface area contributed by atoms with Crippen molar-refractivity contribution < 1.29 is 19.6 Å². The van der Waals surface area contributed by atoms with Gasteiger partial charge in [-0.3, -0.25) is 4.90 Å². The highest BCUT2D eigenvalue weighted by molar-refractivity contribution is 6.30. The third-order valence-corrected chi connectivity index (χ3v) is 6.20. The van der Waals surface area contributed by atoms with Gasteiger partial charge >= 0.3 is 6.09 Å². The van der Waals surface area contributed by atoms with Crippen LogP contribution in [0.1, 0.15) is 52.0 Å². The monoisotopic (exact) mass is 434 g/mol. The highest BCUT2D eigenvalue weighted by atomic mass is 35.5. The molecule has 1 fully saturated rings. The molecule has 30 heavy (non-hydrogen) atoms. The zero-order chi connectivity index (χ0) is 21.9. The van der Waals surface area contributed by atoms with Gasteiger partial charge in [-0.2, -0.15) is 0 Å². The van der Waals surface area contributed by atoms with Gasteiger partial charge < -0.3 is 15.6 Å². The Morgan fingerprint density at radius 3 is 2.57 bits per heavy atom. The summed E-state index contributed by atoms with van der Waals surface area (Å²) < 4.78 is 5.74. The van der Waals surface area contributed by atoms with E-state index in [0.29, 0.717) is 30.2 Å². The lowest BCUT2D eigenvalue weighted by Crippen LogP contribution is -2.71. The van der Waals surface area contributed by atoms with Gasteiger partial charge in [-0.15, -0.1) is 0 Å². The number of aliphatic hydroxyl groups excluding tert-OH is 1. The van der Waals surface area contributed by atoms with Gasteiger partial charge in [-0.05, 0) is 57.7 Å². The molecule has 4 N–H and O–H groups in total. The van der Waals surface area contributed by atoms with Crippen molar-refractivity contribution in [1.82, 2.24) is 4.90 Å². The van der Waals surface area contributed by atoms with E-state index >= 15 is 0 Å². The van der Waals surface area contributed by atoms with E-state index in [2.05, 4.69) is 4.99 Å². The number of halogens is 1. The summed E-state index contributed by atoms with van der Waals surface area (Å²) in [6.07, 6.45) is 5.14. The number of carbonyl (C=O) groups excluding carboxylic acids is 1. The maximum absolute atomic E-state index is 13.2. The number of nitrogens with two attached hydrogens (primary N) is 1. The number of ether oxygens (including phenoxy) is 1. The molecule has 1 aromatic rings. The molecule has 1 amide bonds. The molecular formula is C23H33ClN3O3+. The largest absolute Gasteiger partial charge is 0.444 e. The fourth-order valence-electron chi connectivity index (χ4n) is 4.45. The Hall–Kier alpha value is -2.05. The van der Waals surface area contributed by atoms with E-state index in [1.54, 1.807) is 4.90 Å². The molecule has 1 aliphatic carbocycles. The van der Waals surface area contributed by atoms with Crippen LogP contribution in [0.4, 0.5) is 4.79 Å². The maximum atomic E-state index is 13.2. The summed E-state index contributed by atoms with van der Waals surface area (Å²) >= 11 is 6.13. The van der Waals surface area contributed by atoms with Gasteiger partial charge in [0.1, 0.15) is 12.2 Å². The fraction of sp³-hybridized carbons (Fsp3) is 0.565. The van der Waals surface area contributed by atoms with Crippen LogP contribution in [0.3, 0.4) is 0 Å². The number of nitrogens with zero attached hydrogens (tertiary/aromatic N) is 1. The molecule has 1 aromatic carbocycles. The lowest BCUT2D eigenvalue weighted by molar-refractivity contribution is -0.454. The van der Waals surface area contributed by atoms with Crippen molar-refractivity contribution in [2.24, 2.45) is 5.73 Å². The molecule has 1 saturated carbocycles. The molecule has 7 heteroatoms. The third kappa shape index (κ3) is 4.65. The van der Waals surface area contributed by atoms with Crippen LogP contribution in [-0.2, 0) is 10.2 Å². The second kappa shape index (κ2) is 8.98. The first kappa shape index (κ1) is 22.6. The summed E-state index contributed by atoms with van der Waals surface area (Å²) in [6, 6.07) is 7.59. The zero-order valence-corrected chi connectivity index (χ0v) is 18.8. The predicted octanol–water partition coefficient (Wildman–Crippen LogP) is 2.13. The van der Waals surface area contributed by atoms with E-state index in [4.69, 9.17) is 27.2 Å². The van der Waals surface area contributed by atoms with E-state index in [9.17, 15) is 4.79 Å². The molecule has 0 radical (unpaired) electrons. The molecule has 1 aliphatic heterocycles. The maximum Gasteiger partial charge on any atom is 0.410 e. The average molecular weight is 435 g/mol. The zero-order valence-electron chi connectivity index (χ0n) is 18.1. The first-order chi connectivity index (χ1) is 14.2. The van der Waals surface area contributed by atoms with Gasteiger partial charge in [-0.1, -0.05) is 30.2 Å². The Kier molecular flexibility index (Phi) is 6.78. The minimum atomic E-state index is -0.581. The number of hydrogen-bond donors (Lipinski definition) is 3. The summed E-state index contributed by atoms with van der Waals surface area (Å²) in [7, 11) is 0. The molecule has 3 rings (SSSR count). The van der Waals surface area contributed by atoms with Crippen LogP contribution in [0, 0.1) is 0 Å². The van der Waals surface area contributed by atoms with Crippen LogP contribution in [0.5, 0.6) is 0 Å². The second-order valence-corrected chi connectivity index (χ2v) is 9.58. The Bertz CT molecular complexity index is 823. The Balaban J connectivity index is 2.05. The molecule has 1 atom stereocenters. The van der Waals surface area contributed by atoms with Gasteiger partial charge in [0, 0.05) is 28.3 Å². The summed E-state index contributed by atoms with van der Waals surface area (Å²) in [5, 5.41) is 9.76. The summed E-state index contributed by atoms with van der Waals surface area (Å²) in [5.74, 6) is 0. The first-order valence-corrected chi connectivity index (χ1v) is 11.0. The molecule has 2 aliphatic rings. The highest BCUT2D eigenvalue weighted by Crippen LogP contribution is 2.51. The number of benzene rings is 1. The van der Waals surface area contributed by atoms with Gasteiger partial charge in [0.15, 0.2) is 12.8 Å². The molecule has 1 unspecified atom stereocenters. The first-order valence-electron chi connectivity index (χ1n) is 10.6. The quantitative estimate of drug-likeness (QED) is 0.619. The van der Waals surface area contributed by atoms with Crippen LogP contribution in [0.25, 0.3) is 0 Å². The summed E-state index contributed by atoms with van der Waals surface area (Å²) in [6.45, 7) is 6.66. The van der Waals surface area contributed by atoms with Crippen molar-refractivity contribution in [1.29, 1.82) is 0 Å². The van der Waals surface area contributed by atoms with Gasteiger partial charge in [0.05, 0.1) is 6.04 Å². The van der Waals surface area contributed by atoms with Crippen LogP contribution in [-0.4, -0.2) is 53.7 Å². The Morgan fingerprint density at radius 1 is 1.37 bits per heavy atom. The van der Waals surface area contributed by atoms with Crippen LogP contribution < -0.4 is 10.7 Å². The molecule has 1 heterocycles. The Morgan fingerprint density at radius 2 is 2.03 bits per heavy atom. The van der Waals surface area contributed by atoms with Crippen LogP contribution in [0.15, 0.2) is 35.5 Å². The van der Waals surface area contributed by atoms with Crippen molar-refractivity contribution in [3.63, 3.8) is 0 Å². The normalized spacial score (nSPS) is 21.6. The summed E-state index contributed by atoms with van der Waals surface area (Å²) in [4.78, 5) is 18.1. The van der Waals surface area contributed by atoms with E-state index in [0.717, 1.165) is 30.4 Å². The second-order valence-electron chi connectivity index (χ2n) is 9.15. The molecule has 0 spiro atoms. The van der Waals surface area contributed by atoms with Gasteiger partial charge in [0.25, 0.3) is 0 Å². The number of hydrogen-bond acceptors (Lipinski definition) is 4. The molecular weight excluding hydrogens is 402 g/mol. The van der Waals surface area contributed by atoms with Crippen molar-refractivity contribution in [3.05, 3.63) is 46.1 Å². The van der Waals surface area contributed by atoms with Crippen LogP contribution >= 0.6 is 11.6 Å². The van der Waals surface area contributed by atoms with Gasteiger partial charge in [-0.25, -0.2) is 9.79 Å². The van der Waals surface area contributed by atoms with E-state index in [1.807, 2.05) is 51.3 Å². The molecule has 0 aromatic heterocycles. The SMILES string of the molecule is CC(C)(C)OC(=O)N1CCC(C=[NH+]CCO)=C(N)C1C1(c2ccc(Cl)cc2)CCC1. The van der Waals surface area contributed by atoms with Gasteiger partial charge in [0.2, 0.25) is 0 Å². The van der Waals surface area contributed by atoms with E-state index in [-0.39, 0.29) is 24.2 Å². The highest BCUT2D eigenvalue weighted by Gasteiger charge is 2.52. The van der Waals surface area contributed by atoms with E-state index < -0.39 is 5.60 Å². The third-order valence-electron chi connectivity index (χ3n) is 5.95. The molecule has 6 nitrogen and oxygen atoms in total. The topological polar surface area (TPSA) is 89.8 Å². The lowest BCUT2D eigenvalue weighted by Gasteiger charge is -2.53. The lowest BCUT2D eigenvalue weighted by atomic mass is 9.58. The Labute approximate surface area is 183 Å². The minimum absolute atomic E-state index is 0.0475. The number of amides is 1. The van der Waals surface area contributed by atoms with E-state index in [1.165, 1.54) is 0 Å². The number of carbonyl (C=O) groups is 1. The standard InChI is InChI=1S/C23H32ClN3O3/c1-22(2,3)30-21(29)27-13-9-16(15-26-12-14-28)19(25)20(27)23(10-4-11-23)17-5-7-18(24)8-6-17/h5-8,15,20,28H,4,9-14,25H2,1-3H3/p+1. The van der Waals surface area contributed by atoms with Crippen molar-refractivity contribution >= 4 is 23.9 Å². The molecule has 164 valence electrons. The van der Waals surface area contributed by atoms with Crippen molar-refractivity contribution in [2.75, 3.05) is 19.7 Å². The average Bonchev–Trinajstić information content (AvgIpc) is 2.63. The molecule has 0 saturated heterocycles. The van der Waals surface area contributed by atoms with Crippen molar-refractivity contribution in [3.8, 4) is 0 Å². The number of aliphatic hydroxyl groups is 1.